The maximum atomic E-state index is 13.5. The normalized spacial score (nSPS) is 21.4. The molecule has 0 unspecified atom stereocenters. The largest absolute Gasteiger partial charge is 0.380 e. The first-order valence-electron chi connectivity index (χ1n) is 6.60. The van der Waals surface area contributed by atoms with Gasteiger partial charge in [-0.25, -0.2) is 8.78 Å². The molecular formula is C16H14ClF2N. The third-order valence-electron chi connectivity index (χ3n) is 3.79. The zero-order valence-corrected chi connectivity index (χ0v) is 11.5. The molecule has 104 valence electrons. The standard InChI is InChI=1S/C16H14ClF2N/c17-13-5-2-1-4-12(13)10-8-11(9-10)20-15-7-3-6-14(18)16(15)19/h1-7,10-11,20H,8-9H2. The van der Waals surface area contributed by atoms with E-state index in [9.17, 15) is 8.78 Å². The summed E-state index contributed by atoms with van der Waals surface area (Å²) in [5.41, 5.74) is 1.36. The summed E-state index contributed by atoms with van der Waals surface area (Å²) >= 11 is 6.16. The second-order valence-corrected chi connectivity index (χ2v) is 5.54. The third-order valence-corrected chi connectivity index (χ3v) is 4.14. The number of halogens is 3. The van der Waals surface area contributed by atoms with E-state index in [0.29, 0.717) is 5.92 Å². The van der Waals surface area contributed by atoms with E-state index in [1.807, 2.05) is 24.3 Å². The molecule has 3 rings (SSSR count). The molecule has 0 aliphatic heterocycles. The van der Waals surface area contributed by atoms with Crippen LogP contribution < -0.4 is 5.32 Å². The molecule has 2 aromatic carbocycles. The van der Waals surface area contributed by atoms with Gasteiger partial charge < -0.3 is 5.32 Å². The molecule has 20 heavy (non-hydrogen) atoms. The van der Waals surface area contributed by atoms with Crippen molar-refractivity contribution < 1.29 is 8.78 Å². The van der Waals surface area contributed by atoms with Crippen LogP contribution in [0.3, 0.4) is 0 Å². The zero-order valence-electron chi connectivity index (χ0n) is 10.7. The van der Waals surface area contributed by atoms with Crippen LogP contribution in [0.4, 0.5) is 14.5 Å². The molecule has 0 saturated heterocycles. The van der Waals surface area contributed by atoms with Gasteiger partial charge >= 0.3 is 0 Å². The molecule has 1 aliphatic carbocycles. The zero-order chi connectivity index (χ0) is 14.1. The first kappa shape index (κ1) is 13.4. The van der Waals surface area contributed by atoms with Gasteiger partial charge in [0.25, 0.3) is 0 Å². The lowest BCUT2D eigenvalue weighted by Crippen LogP contribution is -2.34. The van der Waals surface area contributed by atoms with Crippen LogP contribution >= 0.6 is 11.6 Å². The Hall–Kier alpha value is -1.61. The van der Waals surface area contributed by atoms with Crippen LogP contribution in [0.15, 0.2) is 42.5 Å². The summed E-state index contributed by atoms with van der Waals surface area (Å²) < 4.78 is 26.7. The van der Waals surface area contributed by atoms with E-state index in [-0.39, 0.29) is 11.7 Å². The van der Waals surface area contributed by atoms with Crippen molar-refractivity contribution in [2.75, 3.05) is 5.32 Å². The van der Waals surface area contributed by atoms with Crippen LogP contribution in [0.1, 0.15) is 24.3 Å². The Labute approximate surface area is 121 Å². The average Bonchev–Trinajstić information content (AvgIpc) is 2.39. The topological polar surface area (TPSA) is 12.0 Å². The second-order valence-electron chi connectivity index (χ2n) is 5.13. The summed E-state index contributed by atoms with van der Waals surface area (Å²) in [5.74, 6) is -1.25. The number of nitrogens with one attached hydrogen (secondary N) is 1. The molecular weight excluding hydrogens is 280 g/mol. The van der Waals surface area contributed by atoms with Crippen molar-refractivity contribution in [3.8, 4) is 0 Å². The molecule has 0 aromatic heterocycles. The van der Waals surface area contributed by atoms with Gasteiger partial charge in [0.1, 0.15) is 0 Å². The summed E-state index contributed by atoms with van der Waals surface area (Å²) in [6.07, 6.45) is 1.75. The molecule has 0 amide bonds. The molecule has 0 heterocycles. The van der Waals surface area contributed by atoms with Crippen molar-refractivity contribution in [2.45, 2.75) is 24.8 Å². The van der Waals surface area contributed by atoms with E-state index in [1.54, 1.807) is 6.07 Å². The number of benzene rings is 2. The molecule has 0 bridgehead atoms. The smallest absolute Gasteiger partial charge is 0.181 e. The second kappa shape index (κ2) is 5.41. The Bertz CT molecular complexity index is 624. The molecule has 0 spiro atoms. The van der Waals surface area contributed by atoms with Gasteiger partial charge in [0, 0.05) is 11.1 Å². The van der Waals surface area contributed by atoms with Crippen LogP contribution in [0.25, 0.3) is 0 Å². The lowest BCUT2D eigenvalue weighted by atomic mass is 9.76. The SMILES string of the molecule is Fc1cccc(NC2CC(c3ccccc3Cl)C2)c1F. The van der Waals surface area contributed by atoms with Crippen molar-refractivity contribution >= 4 is 17.3 Å². The van der Waals surface area contributed by atoms with Crippen LogP contribution in [0.2, 0.25) is 5.02 Å². The van der Waals surface area contributed by atoms with Gasteiger partial charge in [0.15, 0.2) is 11.6 Å². The number of anilines is 1. The van der Waals surface area contributed by atoms with Crippen LogP contribution in [-0.2, 0) is 0 Å². The van der Waals surface area contributed by atoms with E-state index in [0.717, 1.165) is 29.5 Å². The van der Waals surface area contributed by atoms with Crippen LogP contribution in [-0.4, -0.2) is 6.04 Å². The predicted molar refractivity (Wildman–Crippen MR) is 77.2 cm³/mol. The number of hydrogen-bond donors (Lipinski definition) is 1. The summed E-state index contributed by atoms with van der Waals surface area (Å²) in [4.78, 5) is 0. The fourth-order valence-electron chi connectivity index (χ4n) is 2.63. The number of hydrogen-bond acceptors (Lipinski definition) is 1. The molecule has 1 saturated carbocycles. The van der Waals surface area contributed by atoms with E-state index in [1.165, 1.54) is 6.07 Å². The summed E-state index contributed by atoms with van der Waals surface area (Å²) in [5, 5.41) is 3.82. The van der Waals surface area contributed by atoms with Gasteiger partial charge in [0.05, 0.1) is 5.69 Å². The van der Waals surface area contributed by atoms with Crippen LogP contribution in [0, 0.1) is 11.6 Å². The van der Waals surface area contributed by atoms with Gasteiger partial charge in [-0.1, -0.05) is 35.9 Å². The van der Waals surface area contributed by atoms with Crippen LogP contribution in [0.5, 0.6) is 0 Å². The van der Waals surface area contributed by atoms with E-state index >= 15 is 0 Å². The average molecular weight is 294 g/mol. The lowest BCUT2D eigenvalue weighted by molar-refractivity contribution is 0.372. The highest BCUT2D eigenvalue weighted by molar-refractivity contribution is 6.31. The lowest BCUT2D eigenvalue weighted by Gasteiger charge is -2.37. The molecule has 0 atom stereocenters. The van der Waals surface area contributed by atoms with E-state index in [2.05, 4.69) is 5.32 Å². The molecule has 4 heteroatoms. The molecule has 1 aliphatic rings. The molecule has 0 radical (unpaired) electrons. The highest BCUT2D eigenvalue weighted by Gasteiger charge is 2.31. The Morgan fingerprint density at radius 3 is 2.50 bits per heavy atom. The minimum absolute atomic E-state index is 0.160. The van der Waals surface area contributed by atoms with Gasteiger partial charge in [-0.3, -0.25) is 0 Å². The summed E-state index contributed by atoms with van der Waals surface area (Å²) in [6.45, 7) is 0. The van der Waals surface area contributed by atoms with Crippen molar-refractivity contribution in [3.05, 3.63) is 64.7 Å². The number of rotatable bonds is 3. The molecule has 1 fully saturated rings. The first-order valence-corrected chi connectivity index (χ1v) is 6.98. The van der Waals surface area contributed by atoms with Gasteiger partial charge in [-0.05, 0) is 42.5 Å². The Morgan fingerprint density at radius 1 is 1.00 bits per heavy atom. The quantitative estimate of drug-likeness (QED) is 0.842. The monoisotopic (exact) mass is 293 g/mol. The van der Waals surface area contributed by atoms with Crippen molar-refractivity contribution in [1.29, 1.82) is 0 Å². The fourth-order valence-corrected chi connectivity index (χ4v) is 2.92. The Morgan fingerprint density at radius 2 is 1.75 bits per heavy atom. The van der Waals surface area contributed by atoms with Crippen molar-refractivity contribution in [1.82, 2.24) is 0 Å². The molecule has 1 nitrogen and oxygen atoms in total. The first-order chi connectivity index (χ1) is 9.65. The van der Waals surface area contributed by atoms with E-state index < -0.39 is 11.6 Å². The van der Waals surface area contributed by atoms with E-state index in [4.69, 9.17) is 11.6 Å². The summed E-state index contributed by atoms with van der Waals surface area (Å²) in [7, 11) is 0. The maximum Gasteiger partial charge on any atom is 0.181 e. The Balaban J connectivity index is 1.64. The summed E-state index contributed by atoms with van der Waals surface area (Å²) in [6, 6.07) is 12.1. The van der Waals surface area contributed by atoms with Gasteiger partial charge in [0.2, 0.25) is 0 Å². The van der Waals surface area contributed by atoms with Crippen molar-refractivity contribution in [2.24, 2.45) is 0 Å². The minimum atomic E-state index is -0.822. The minimum Gasteiger partial charge on any atom is -0.380 e. The van der Waals surface area contributed by atoms with Gasteiger partial charge in [-0.15, -0.1) is 0 Å². The van der Waals surface area contributed by atoms with Gasteiger partial charge in [-0.2, -0.15) is 0 Å². The molecule has 2 aromatic rings. The van der Waals surface area contributed by atoms with Crippen molar-refractivity contribution in [3.63, 3.8) is 0 Å². The Kier molecular flexibility index (Phi) is 3.62. The highest BCUT2D eigenvalue weighted by atomic mass is 35.5. The molecule has 1 N–H and O–H groups in total. The highest BCUT2D eigenvalue weighted by Crippen LogP contribution is 2.41. The fraction of sp³-hybridized carbons (Fsp3) is 0.250. The predicted octanol–water partition coefficient (Wildman–Crippen LogP) is 4.98. The third kappa shape index (κ3) is 2.50. The maximum absolute atomic E-state index is 13.5.